The van der Waals surface area contributed by atoms with Gasteiger partial charge in [0.05, 0.1) is 11.2 Å². The molecule has 180 valence electrons. The molecule has 0 N–H and O–H groups in total. The number of rotatable bonds is 1. The summed E-state index contributed by atoms with van der Waals surface area (Å²) in [6, 6.07) is 28.0. The SMILES string of the molecule is CC12C=CC=C3C1B(c1cccc4c1N2C1CCCCC41)c1sc2ccccc2c1N3c1ccccc1. The minimum absolute atomic E-state index is 0.0461. The number of nitrogens with zero attached hydrogens (tertiary/aromatic N) is 2. The van der Waals surface area contributed by atoms with Gasteiger partial charge in [-0.05, 0) is 55.1 Å². The zero-order valence-electron chi connectivity index (χ0n) is 21.1. The monoisotopic (exact) mass is 496 g/mol. The Morgan fingerprint density at radius 2 is 1.73 bits per heavy atom. The first kappa shape index (κ1) is 20.8. The summed E-state index contributed by atoms with van der Waals surface area (Å²) in [7, 11) is 0. The predicted octanol–water partition coefficient (Wildman–Crippen LogP) is 7.10. The van der Waals surface area contributed by atoms with Crippen molar-refractivity contribution >= 4 is 55.4 Å². The zero-order chi connectivity index (χ0) is 24.3. The molecule has 5 aliphatic rings. The Kier molecular flexibility index (Phi) is 4.04. The van der Waals surface area contributed by atoms with Crippen molar-refractivity contribution in [1.82, 2.24) is 0 Å². The normalized spacial score (nSPS) is 28.5. The molecule has 1 fully saturated rings. The molecular weight excluding hydrogens is 467 g/mol. The molecule has 4 aromatic rings. The van der Waals surface area contributed by atoms with Crippen molar-refractivity contribution in [3.63, 3.8) is 0 Å². The molecule has 4 atom stereocenters. The average molecular weight is 496 g/mol. The maximum atomic E-state index is 2.91. The third-order valence-corrected chi connectivity index (χ3v) is 11.3. The molecule has 1 saturated carbocycles. The van der Waals surface area contributed by atoms with E-state index in [2.05, 4.69) is 108 Å². The molecule has 4 heteroatoms. The summed E-state index contributed by atoms with van der Waals surface area (Å²) < 4.78 is 2.93. The number of benzene rings is 3. The van der Waals surface area contributed by atoms with E-state index in [9.17, 15) is 0 Å². The van der Waals surface area contributed by atoms with Crippen molar-refractivity contribution in [1.29, 1.82) is 0 Å². The molecule has 37 heavy (non-hydrogen) atoms. The first-order valence-corrected chi connectivity index (χ1v) is 14.8. The number of anilines is 3. The number of thiophene rings is 1. The second-order valence-electron chi connectivity index (χ2n) is 11.7. The quantitative estimate of drug-likeness (QED) is 0.259. The van der Waals surface area contributed by atoms with Crippen LogP contribution in [0.5, 0.6) is 0 Å². The molecule has 4 unspecified atom stereocenters. The Morgan fingerprint density at radius 1 is 0.892 bits per heavy atom. The maximum Gasteiger partial charge on any atom is 0.239 e. The summed E-state index contributed by atoms with van der Waals surface area (Å²) in [4.78, 5) is 5.52. The van der Waals surface area contributed by atoms with E-state index in [1.54, 1.807) is 16.7 Å². The summed E-state index contributed by atoms with van der Waals surface area (Å²) in [5.41, 5.74) is 8.84. The van der Waals surface area contributed by atoms with E-state index in [1.165, 1.54) is 57.6 Å². The van der Waals surface area contributed by atoms with Crippen LogP contribution in [0.2, 0.25) is 5.82 Å². The standard InChI is InChI=1S/C33H29BN2S/c1-33-20-10-18-27-31(33)34(25-16-9-15-23-22-13-5-7-17-26(22)36(33)29(23)25)32-30(24-14-6-8-19-28(24)37-32)35(27)21-11-3-2-4-12-21/h2-4,6,8-12,14-16,18-20,22,26,31H,5,7,13,17H2,1H3. The van der Waals surface area contributed by atoms with Crippen LogP contribution in [-0.4, -0.2) is 18.3 Å². The number of hydrogen-bond donors (Lipinski definition) is 0. The lowest BCUT2D eigenvalue weighted by Crippen LogP contribution is -2.69. The van der Waals surface area contributed by atoms with E-state index in [0.29, 0.717) is 24.5 Å². The van der Waals surface area contributed by atoms with Crippen LogP contribution in [0, 0.1) is 0 Å². The van der Waals surface area contributed by atoms with Crippen LogP contribution < -0.4 is 20.0 Å². The zero-order valence-corrected chi connectivity index (χ0v) is 21.9. The number of fused-ring (bicyclic) bond motifs is 9. The summed E-state index contributed by atoms with van der Waals surface area (Å²) in [5.74, 6) is 1.05. The van der Waals surface area contributed by atoms with Crippen LogP contribution in [0.3, 0.4) is 0 Å². The van der Waals surface area contributed by atoms with E-state index < -0.39 is 0 Å². The third kappa shape index (κ3) is 2.48. The minimum atomic E-state index is -0.0461. The summed E-state index contributed by atoms with van der Waals surface area (Å²) in [6.07, 6.45) is 12.7. The van der Waals surface area contributed by atoms with E-state index in [0.717, 1.165) is 0 Å². The van der Waals surface area contributed by atoms with Crippen LogP contribution in [0.25, 0.3) is 10.1 Å². The van der Waals surface area contributed by atoms with Gasteiger partial charge in [0, 0.05) is 49.7 Å². The lowest BCUT2D eigenvalue weighted by Gasteiger charge is -2.58. The van der Waals surface area contributed by atoms with Crippen LogP contribution >= 0.6 is 11.3 Å². The molecule has 0 amide bonds. The van der Waals surface area contributed by atoms with Gasteiger partial charge < -0.3 is 9.80 Å². The van der Waals surface area contributed by atoms with Gasteiger partial charge in [-0.3, -0.25) is 0 Å². The summed E-state index contributed by atoms with van der Waals surface area (Å²) in [5, 5.41) is 1.38. The Hall–Kier alpha value is -3.24. The third-order valence-electron chi connectivity index (χ3n) is 10.0. The second-order valence-corrected chi connectivity index (χ2v) is 12.8. The minimum Gasteiger partial charge on any atom is -0.359 e. The van der Waals surface area contributed by atoms with Crippen molar-refractivity contribution in [2.75, 3.05) is 9.80 Å². The Morgan fingerprint density at radius 3 is 2.65 bits per heavy atom. The molecule has 0 spiro atoms. The van der Waals surface area contributed by atoms with Gasteiger partial charge in [-0.1, -0.05) is 79.6 Å². The van der Waals surface area contributed by atoms with Crippen molar-refractivity contribution in [3.05, 3.63) is 102 Å². The van der Waals surface area contributed by atoms with Gasteiger partial charge in [0.25, 0.3) is 0 Å². The topological polar surface area (TPSA) is 6.48 Å². The van der Waals surface area contributed by atoms with Crippen LogP contribution in [0.1, 0.15) is 44.1 Å². The predicted molar refractivity (Wildman–Crippen MR) is 159 cm³/mol. The van der Waals surface area contributed by atoms with Crippen LogP contribution in [-0.2, 0) is 0 Å². The molecule has 0 radical (unpaired) electrons. The van der Waals surface area contributed by atoms with E-state index in [4.69, 9.17) is 0 Å². The summed E-state index contributed by atoms with van der Waals surface area (Å²) >= 11 is 2.03. The molecule has 3 aliphatic heterocycles. The number of allylic oxidation sites excluding steroid dienone is 2. The Balaban J connectivity index is 1.40. The Labute approximate surface area is 223 Å². The first-order chi connectivity index (χ1) is 18.3. The van der Waals surface area contributed by atoms with Gasteiger partial charge in [0.1, 0.15) is 0 Å². The van der Waals surface area contributed by atoms with Crippen molar-refractivity contribution in [2.45, 2.75) is 55.9 Å². The molecule has 2 nitrogen and oxygen atoms in total. The van der Waals surface area contributed by atoms with Gasteiger partial charge in [-0.25, -0.2) is 0 Å². The molecule has 1 aromatic heterocycles. The van der Waals surface area contributed by atoms with Crippen molar-refractivity contribution < 1.29 is 0 Å². The second kappa shape index (κ2) is 7.20. The molecule has 3 aromatic carbocycles. The van der Waals surface area contributed by atoms with Gasteiger partial charge in [0.2, 0.25) is 6.71 Å². The highest BCUT2D eigenvalue weighted by atomic mass is 32.1. The van der Waals surface area contributed by atoms with Crippen LogP contribution in [0.4, 0.5) is 17.1 Å². The van der Waals surface area contributed by atoms with Gasteiger partial charge in [-0.2, -0.15) is 0 Å². The molecule has 9 rings (SSSR count). The summed E-state index contributed by atoms with van der Waals surface area (Å²) in [6.45, 7) is 2.92. The van der Waals surface area contributed by atoms with E-state index >= 15 is 0 Å². The van der Waals surface area contributed by atoms with Gasteiger partial charge in [-0.15, -0.1) is 11.3 Å². The van der Waals surface area contributed by atoms with Gasteiger partial charge in [0.15, 0.2) is 0 Å². The average Bonchev–Trinajstić information content (AvgIpc) is 3.49. The molecule has 4 heterocycles. The fraction of sp³-hybridized carbons (Fsp3) is 0.273. The fourth-order valence-electron chi connectivity index (χ4n) is 8.70. The van der Waals surface area contributed by atoms with E-state index in [1.807, 2.05) is 11.3 Å². The first-order valence-electron chi connectivity index (χ1n) is 13.9. The van der Waals surface area contributed by atoms with Crippen LogP contribution in [0.15, 0.2) is 96.7 Å². The van der Waals surface area contributed by atoms with Crippen molar-refractivity contribution in [3.8, 4) is 0 Å². The largest absolute Gasteiger partial charge is 0.359 e. The highest BCUT2D eigenvalue weighted by Crippen LogP contribution is 2.60. The van der Waals surface area contributed by atoms with Gasteiger partial charge >= 0.3 is 0 Å². The molecule has 0 bridgehead atoms. The smallest absolute Gasteiger partial charge is 0.239 e. The molecule has 2 aliphatic carbocycles. The molecular formula is C33H29BN2S. The number of hydrogen-bond acceptors (Lipinski definition) is 3. The van der Waals surface area contributed by atoms with E-state index in [-0.39, 0.29) is 5.54 Å². The Bertz CT molecular complexity index is 1650. The molecule has 0 saturated heterocycles. The lowest BCUT2D eigenvalue weighted by atomic mass is 9.28. The number of para-hydroxylation sites is 2. The lowest BCUT2D eigenvalue weighted by molar-refractivity contribution is 0.340. The fourth-order valence-corrected chi connectivity index (χ4v) is 10.1. The van der Waals surface area contributed by atoms with Crippen molar-refractivity contribution in [2.24, 2.45) is 0 Å². The highest BCUT2D eigenvalue weighted by Gasteiger charge is 2.61. The maximum absolute atomic E-state index is 2.91. The highest BCUT2D eigenvalue weighted by molar-refractivity contribution is 7.32.